The Bertz CT molecular complexity index is 549. The van der Waals surface area contributed by atoms with Gasteiger partial charge in [-0.15, -0.1) is 0 Å². The van der Waals surface area contributed by atoms with Crippen molar-refractivity contribution in [1.29, 1.82) is 0 Å². The molecule has 1 aromatic carbocycles. The Labute approximate surface area is 129 Å². The Kier molecular flexibility index (Phi) is 4.38. The van der Waals surface area contributed by atoms with Gasteiger partial charge in [-0.2, -0.15) is 0 Å². The monoisotopic (exact) mass is 364 g/mol. The van der Waals surface area contributed by atoms with Crippen LogP contribution in [0.25, 0.3) is 0 Å². The number of rotatable bonds is 2. The summed E-state index contributed by atoms with van der Waals surface area (Å²) in [7, 11) is 0. The quantitative estimate of drug-likeness (QED) is 0.818. The van der Waals surface area contributed by atoms with Gasteiger partial charge in [-0.25, -0.2) is 0 Å². The lowest BCUT2D eigenvalue weighted by Gasteiger charge is -2.19. The standard InChI is InChI=1S/C12H11BrCl2N2O2/c1-6(18)17-3-2-7-4-8(13)5-9(10(7)17)16-12(19)11(14)15/h4-5,11H,2-3H2,1H3,(H,16,19). The first kappa shape index (κ1) is 14.6. The summed E-state index contributed by atoms with van der Waals surface area (Å²) in [5.74, 6) is -0.580. The van der Waals surface area contributed by atoms with Crippen molar-refractivity contribution in [3.05, 3.63) is 22.2 Å². The minimum atomic E-state index is -1.15. The number of benzene rings is 1. The molecule has 1 aliphatic heterocycles. The van der Waals surface area contributed by atoms with E-state index in [0.29, 0.717) is 12.2 Å². The summed E-state index contributed by atoms with van der Waals surface area (Å²) in [6.07, 6.45) is 0.752. The SMILES string of the molecule is CC(=O)N1CCc2cc(Br)cc(NC(=O)C(Cl)Cl)c21. The number of amides is 2. The molecule has 0 spiro atoms. The van der Waals surface area contributed by atoms with Crippen LogP contribution in [-0.2, 0) is 16.0 Å². The molecule has 2 amide bonds. The third-order valence-electron chi connectivity index (χ3n) is 2.86. The third kappa shape index (κ3) is 3.04. The summed E-state index contributed by atoms with van der Waals surface area (Å²) in [6, 6.07) is 3.67. The molecule has 7 heteroatoms. The van der Waals surface area contributed by atoms with E-state index in [2.05, 4.69) is 21.2 Å². The van der Waals surface area contributed by atoms with Gasteiger partial charge < -0.3 is 10.2 Å². The van der Waals surface area contributed by atoms with E-state index >= 15 is 0 Å². The van der Waals surface area contributed by atoms with Crippen LogP contribution in [0.1, 0.15) is 12.5 Å². The number of fused-ring (bicyclic) bond motifs is 1. The minimum absolute atomic E-state index is 0.0649. The van der Waals surface area contributed by atoms with Crippen molar-refractivity contribution in [2.24, 2.45) is 0 Å². The fourth-order valence-corrected chi connectivity index (χ4v) is 2.72. The Balaban J connectivity index is 2.43. The van der Waals surface area contributed by atoms with E-state index in [1.54, 1.807) is 11.0 Å². The van der Waals surface area contributed by atoms with Gasteiger partial charge in [0.05, 0.1) is 11.4 Å². The molecule has 1 N–H and O–H groups in total. The number of nitrogens with one attached hydrogen (secondary N) is 1. The molecule has 0 aromatic heterocycles. The van der Waals surface area contributed by atoms with Crippen molar-refractivity contribution >= 4 is 62.3 Å². The normalized spacial score (nSPS) is 13.6. The first-order chi connectivity index (χ1) is 8.90. The molecular formula is C12H11BrCl2N2O2. The molecular weight excluding hydrogens is 355 g/mol. The summed E-state index contributed by atoms with van der Waals surface area (Å²) in [5, 5.41) is 2.64. The van der Waals surface area contributed by atoms with E-state index in [1.165, 1.54) is 6.92 Å². The zero-order valence-electron chi connectivity index (χ0n) is 10.0. The van der Waals surface area contributed by atoms with Crippen molar-refractivity contribution in [1.82, 2.24) is 0 Å². The van der Waals surface area contributed by atoms with E-state index < -0.39 is 10.7 Å². The minimum Gasteiger partial charge on any atom is -0.322 e. The summed E-state index contributed by atoms with van der Waals surface area (Å²) in [5.41, 5.74) is 2.26. The number of carbonyl (C=O) groups is 2. The van der Waals surface area contributed by atoms with Crippen LogP contribution < -0.4 is 10.2 Å². The molecule has 0 bridgehead atoms. The van der Waals surface area contributed by atoms with Crippen LogP contribution in [0, 0.1) is 0 Å². The number of alkyl halides is 2. The smallest absolute Gasteiger partial charge is 0.257 e. The maximum absolute atomic E-state index is 11.6. The average molecular weight is 366 g/mol. The van der Waals surface area contributed by atoms with E-state index in [9.17, 15) is 9.59 Å². The molecule has 0 saturated carbocycles. The Morgan fingerprint density at radius 3 is 2.68 bits per heavy atom. The summed E-state index contributed by atoms with van der Waals surface area (Å²) >= 11 is 14.4. The van der Waals surface area contributed by atoms with Crippen LogP contribution in [0.15, 0.2) is 16.6 Å². The molecule has 4 nitrogen and oxygen atoms in total. The van der Waals surface area contributed by atoms with Crippen LogP contribution in [-0.4, -0.2) is 23.2 Å². The van der Waals surface area contributed by atoms with E-state index in [0.717, 1.165) is 22.1 Å². The van der Waals surface area contributed by atoms with Gasteiger partial charge >= 0.3 is 0 Å². The number of carbonyl (C=O) groups excluding carboxylic acids is 2. The fourth-order valence-electron chi connectivity index (χ4n) is 2.11. The van der Waals surface area contributed by atoms with Crippen molar-refractivity contribution < 1.29 is 9.59 Å². The molecule has 0 aliphatic carbocycles. The molecule has 0 atom stereocenters. The highest BCUT2D eigenvalue weighted by Gasteiger charge is 2.27. The van der Waals surface area contributed by atoms with Crippen LogP contribution in [0.3, 0.4) is 0 Å². The number of nitrogens with zero attached hydrogens (tertiary/aromatic N) is 1. The fraction of sp³-hybridized carbons (Fsp3) is 0.333. The van der Waals surface area contributed by atoms with Crippen molar-refractivity contribution in [2.45, 2.75) is 18.2 Å². The highest BCUT2D eigenvalue weighted by molar-refractivity contribution is 9.10. The van der Waals surface area contributed by atoms with Gasteiger partial charge in [-0.3, -0.25) is 9.59 Å². The highest BCUT2D eigenvalue weighted by atomic mass is 79.9. The van der Waals surface area contributed by atoms with Gasteiger partial charge in [-0.05, 0) is 24.1 Å². The van der Waals surface area contributed by atoms with Crippen molar-refractivity contribution in [2.75, 3.05) is 16.8 Å². The summed E-state index contributed by atoms with van der Waals surface area (Å²) in [6.45, 7) is 2.10. The highest BCUT2D eigenvalue weighted by Crippen LogP contribution is 2.38. The second-order valence-electron chi connectivity index (χ2n) is 4.17. The van der Waals surface area contributed by atoms with E-state index in [1.807, 2.05) is 6.07 Å². The molecule has 0 fully saturated rings. The van der Waals surface area contributed by atoms with Gasteiger partial charge in [0.25, 0.3) is 5.91 Å². The Morgan fingerprint density at radius 2 is 2.11 bits per heavy atom. The molecule has 0 unspecified atom stereocenters. The van der Waals surface area contributed by atoms with Crippen LogP contribution in [0.2, 0.25) is 0 Å². The maximum atomic E-state index is 11.6. The van der Waals surface area contributed by atoms with Gasteiger partial charge in [0.2, 0.25) is 5.91 Å². The Hall–Kier alpha value is -0.780. The summed E-state index contributed by atoms with van der Waals surface area (Å²) in [4.78, 5) is 23.7. The van der Waals surface area contributed by atoms with Gasteiger partial charge in [0.1, 0.15) is 0 Å². The molecule has 2 rings (SSSR count). The van der Waals surface area contributed by atoms with Gasteiger partial charge in [0, 0.05) is 17.9 Å². The van der Waals surface area contributed by atoms with Crippen LogP contribution in [0.5, 0.6) is 0 Å². The lowest BCUT2D eigenvalue weighted by molar-refractivity contribution is -0.116. The lowest BCUT2D eigenvalue weighted by Crippen LogP contribution is -2.27. The second-order valence-corrected chi connectivity index (χ2v) is 6.18. The first-order valence-electron chi connectivity index (χ1n) is 5.59. The maximum Gasteiger partial charge on any atom is 0.257 e. The van der Waals surface area contributed by atoms with Gasteiger partial charge in [-0.1, -0.05) is 39.1 Å². The molecule has 0 radical (unpaired) electrons. The topological polar surface area (TPSA) is 49.4 Å². The zero-order valence-corrected chi connectivity index (χ0v) is 13.1. The number of anilines is 2. The molecule has 0 saturated heterocycles. The second kappa shape index (κ2) is 5.69. The predicted octanol–water partition coefficient (Wildman–Crippen LogP) is 3.10. The molecule has 1 aromatic rings. The van der Waals surface area contributed by atoms with Crippen LogP contribution >= 0.6 is 39.1 Å². The third-order valence-corrected chi connectivity index (χ3v) is 3.72. The van der Waals surface area contributed by atoms with E-state index in [4.69, 9.17) is 23.2 Å². The number of halogens is 3. The molecule has 19 heavy (non-hydrogen) atoms. The molecule has 102 valence electrons. The Morgan fingerprint density at radius 1 is 1.42 bits per heavy atom. The largest absolute Gasteiger partial charge is 0.322 e. The first-order valence-corrected chi connectivity index (χ1v) is 7.26. The average Bonchev–Trinajstić information content (AvgIpc) is 2.72. The lowest BCUT2D eigenvalue weighted by atomic mass is 10.1. The van der Waals surface area contributed by atoms with Crippen LogP contribution in [0.4, 0.5) is 11.4 Å². The van der Waals surface area contributed by atoms with Crippen molar-refractivity contribution in [3.8, 4) is 0 Å². The number of hydrogen-bond acceptors (Lipinski definition) is 2. The van der Waals surface area contributed by atoms with Crippen molar-refractivity contribution in [3.63, 3.8) is 0 Å². The number of hydrogen-bond donors (Lipinski definition) is 1. The zero-order chi connectivity index (χ0) is 14.2. The summed E-state index contributed by atoms with van der Waals surface area (Å²) < 4.78 is 0.827. The predicted molar refractivity (Wildman–Crippen MR) is 80.0 cm³/mol. The van der Waals surface area contributed by atoms with Gasteiger partial charge in [0.15, 0.2) is 4.84 Å². The molecule has 1 heterocycles. The molecule has 1 aliphatic rings. The van der Waals surface area contributed by atoms with E-state index in [-0.39, 0.29) is 5.91 Å².